The van der Waals surface area contributed by atoms with Crippen LogP contribution in [0.2, 0.25) is 0 Å². The predicted octanol–water partition coefficient (Wildman–Crippen LogP) is 4.49. The molecule has 1 aromatic rings. The average molecular weight is 316 g/mol. The third kappa shape index (κ3) is 2.79. The Morgan fingerprint density at radius 3 is 1.80 bits per heavy atom. The van der Waals surface area contributed by atoms with Gasteiger partial charge < -0.3 is 0 Å². The molecule has 8 heteroatoms. The van der Waals surface area contributed by atoms with Gasteiger partial charge in [0.15, 0.2) is 5.78 Å². The van der Waals surface area contributed by atoms with Crippen LogP contribution in [-0.4, -0.2) is 28.6 Å². The summed E-state index contributed by atoms with van der Waals surface area (Å²) in [5, 5.41) is 0. The van der Waals surface area contributed by atoms with E-state index in [-0.39, 0.29) is 0 Å². The van der Waals surface area contributed by atoms with Gasteiger partial charge in [-0.15, -0.1) is 11.8 Å². The van der Waals surface area contributed by atoms with Crippen LogP contribution in [0, 0.1) is 0 Å². The summed E-state index contributed by atoms with van der Waals surface area (Å²) < 4.78 is 73.8. The first-order valence-electron chi connectivity index (χ1n) is 5.45. The molecule has 112 valence electrons. The first kappa shape index (κ1) is 16.9. The molecule has 0 unspecified atom stereocenters. The van der Waals surface area contributed by atoms with Crippen LogP contribution in [0.15, 0.2) is 30.3 Å². The number of ketones is 1. The Labute approximate surface area is 115 Å². The Bertz CT molecular complexity index is 451. The topological polar surface area (TPSA) is 17.1 Å². The number of benzene rings is 1. The van der Waals surface area contributed by atoms with E-state index >= 15 is 0 Å². The summed E-state index contributed by atoms with van der Waals surface area (Å²) in [6, 6.07) is 5.69. The number of carbonyl (C=O) groups is 1. The molecule has 1 rings (SSSR count). The van der Waals surface area contributed by atoms with Crippen molar-refractivity contribution in [3.63, 3.8) is 0 Å². The van der Waals surface area contributed by atoms with Gasteiger partial charge in [0.25, 0.3) is 4.75 Å². The molecule has 0 saturated carbocycles. The van der Waals surface area contributed by atoms with Gasteiger partial charge in [0.05, 0.1) is 0 Å². The highest BCUT2D eigenvalue weighted by Gasteiger charge is 2.75. The predicted molar refractivity (Wildman–Crippen MR) is 63.7 cm³/mol. The maximum atomic E-state index is 13.0. The zero-order valence-electron chi connectivity index (χ0n) is 10.2. The third-order valence-electron chi connectivity index (χ3n) is 2.51. The maximum absolute atomic E-state index is 13.0. The second-order valence-electron chi connectivity index (χ2n) is 3.80. The lowest BCUT2D eigenvalue weighted by atomic mass is 9.95. The second-order valence-corrected chi connectivity index (χ2v) is 5.28. The molecule has 1 aromatic carbocycles. The van der Waals surface area contributed by atoms with Crippen LogP contribution < -0.4 is 0 Å². The van der Waals surface area contributed by atoms with Crippen molar-refractivity contribution >= 4 is 17.5 Å². The maximum Gasteiger partial charge on any atom is 0.419 e. The van der Waals surface area contributed by atoms with Crippen LogP contribution in [0.3, 0.4) is 0 Å². The minimum Gasteiger partial charge on any atom is -0.292 e. The number of thioether (sulfide) groups is 1. The minimum absolute atomic E-state index is 0.459. The largest absolute Gasteiger partial charge is 0.419 e. The van der Waals surface area contributed by atoms with Gasteiger partial charge in [-0.2, -0.15) is 26.3 Å². The first-order chi connectivity index (χ1) is 9.08. The van der Waals surface area contributed by atoms with Gasteiger partial charge in [-0.3, -0.25) is 4.79 Å². The molecule has 0 aliphatic heterocycles. The molecule has 0 amide bonds. The first-order valence-corrected chi connectivity index (χ1v) is 6.43. The molecule has 0 aliphatic carbocycles. The molecular weight excluding hydrogens is 306 g/mol. The third-order valence-corrected chi connectivity index (χ3v) is 3.88. The van der Waals surface area contributed by atoms with Crippen LogP contribution in [0.1, 0.15) is 17.3 Å². The summed E-state index contributed by atoms with van der Waals surface area (Å²) in [6.45, 7) is 1.13. The van der Waals surface area contributed by atoms with Crippen LogP contribution in [0.5, 0.6) is 0 Å². The number of hydrogen-bond donors (Lipinski definition) is 0. The molecule has 0 spiro atoms. The summed E-state index contributed by atoms with van der Waals surface area (Å²) in [6.07, 6.45) is -11.5. The van der Waals surface area contributed by atoms with Crippen molar-refractivity contribution < 1.29 is 31.1 Å². The number of alkyl halides is 6. The second kappa shape index (κ2) is 5.67. The molecule has 0 heterocycles. The van der Waals surface area contributed by atoms with E-state index in [1.54, 1.807) is 0 Å². The van der Waals surface area contributed by atoms with Gasteiger partial charge >= 0.3 is 12.4 Å². The standard InChI is InChI=1S/C12H10F6OS/c1-2-20-10(11(13,14)15,12(16,17)18)9(19)8-6-4-3-5-7-8/h3-7H,2H2,1H3. The number of rotatable bonds is 4. The highest BCUT2D eigenvalue weighted by molar-refractivity contribution is 8.01. The van der Waals surface area contributed by atoms with Gasteiger partial charge in [0.2, 0.25) is 0 Å². The smallest absolute Gasteiger partial charge is 0.292 e. The van der Waals surface area contributed by atoms with E-state index in [0.717, 1.165) is 19.1 Å². The molecule has 0 bridgehead atoms. The van der Waals surface area contributed by atoms with E-state index in [0.29, 0.717) is 0 Å². The normalized spacial score (nSPS) is 13.3. The van der Waals surface area contributed by atoms with Crippen LogP contribution in [0.25, 0.3) is 0 Å². The van der Waals surface area contributed by atoms with Crippen molar-refractivity contribution in [3.8, 4) is 0 Å². The van der Waals surface area contributed by atoms with Gasteiger partial charge in [0, 0.05) is 5.56 Å². The van der Waals surface area contributed by atoms with E-state index in [4.69, 9.17) is 0 Å². The van der Waals surface area contributed by atoms with Crippen molar-refractivity contribution in [3.05, 3.63) is 35.9 Å². The lowest BCUT2D eigenvalue weighted by Gasteiger charge is -2.35. The van der Waals surface area contributed by atoms with Crippen molar-refractivity contribution in [1.82, 2.24) is 0 Å². The fraction of sp³-hybridized carbons (Fsp3) is 0.417. The Kier molecular flexibility index (Phi) is 4.78. The Morgan fingerprint density at radius 1 is 1.00 bits per heavy atom. The molecule has 1 nitrogen and oxygen atoms in total. The molecule has 0 radical (unpaired) electrons. The van der Waals surface area contributed by atoms with E-state index in [9.17, 15) is 31.1 Å². The lowest BCUT2D eigenvalue weighted by molar-refractivity contribution is -0.247. The summed E-state index contributed by atoms with van der Waals surface area (Å²) in [5.41, 5.74) is -0.622. The van der Waals surface area contributed by atoms with E-state index in [2.05, 4.69) is 0 Å². The quantitative estimate of drug-likeness (QED) is 0.601. The molecule has 0 fully saturated rings. The highest BCUT2D eigenvalue weighted by Crippen LogP contribution is 2.53. The van der Waals surface area contributed by atoms with E-state index < -0.39 is 46.0 Å². The van der Waals surface area contributed by atoms with Crippen molar-refractivity contribution in [1.29, 1.82) is 0 Å². The van der Waals surface area contributed by atoms with Crippen LogP contribution in [-0.2, 0) is 0 Å². The number of Topliss-reactive ketones (excluding diaryl/α,β-unsaturated/α-hetero) is 1. The Balaban J connectivity index is 3.48. The highest BCUT2D eigenvalue weighted by atomic mass is 32.2. The van der Waals surface area contributed by atoms with Gasteiger partial charge in [0.1, 0.15) is 0 Å². The van der Waals surface area contributed by atoms with E-state index in [1.165, 1.54) is 18.2 Å². The molecular formula is C12H10F6OS. The van der Waals surface area contributed by atoms with E-state index in [1.807, 2.05) is 0 Å². The Morgan fingerprint density at radius 2 is 1.45 bits per heavy atom. The number of halogens is 6. The van der Waals surface area contributed by atoms with Gasteiger partial charge in [-0.05, 0) is 5.75 Å². The monoisotopic (exact) mass is 316 g/mol. The summed E-state index contributed by atoms with van der Waals surface area (Å²) in [7, 11) is 0. The molecule has 0 aliphatic rings. The SMILES string of the molecule is CCSC(C(=O)c1ccccc1)(C(F)(F)F)C(F)(F)F. The van der Waals surface area contributed by atoms with Crippen LogP contribution >= 0.6 is 11.8 Å². The zero-order chi connectivity index (χ0) is 15.6. The van der Waals surface area contributed by atoms with Gasteiger partial charge in [-0.1, -0.05) is 37.3 Å². The van der Waals surface area contributed by atoms with Crippen molar-refractivity contribution in [2.45, 2.75) is 24.0 Å². The fourth-order valence-electron chi connectivity index (χ4n) is 1.66. The summed E-state index contributed by atoms with van der Waals surface area (Å²) in [4.78, 5) is 11.9. The van der Waals surface area contributed by atoms with Crippen molar-refractivity contribution in [2.75, 3.05) is 5.75 Å². The Hall–Kier alpha value is -1.18. The number of carbonyl (C=O) groups excluding carboxylic acids is 1. The molecule has 0 saturated heterocycles. The fourth-order valence-corrected chi connectivity index (χ4v) is 2.67. The molecule has 0 aromatic heterocycles. The molecule has 20 heavy (non-hydrogen) atoms. The average Bonchev–Trinajstić information content (AvgIpc) is 2.33. The molecule has 0 N–H and O–H groups in total. The summed E-state index contributed by atoms with van der Waals surface area (Å²) in [5.74, 6) is -2.50. The minimum atomic E-state index is -5.74. The number of hydrogen-bond acceptors (Lipinski definition) is 2. The van der Waals surface area contributed by atoms with Gasteiger partial charge in [-0.25, -0.2) is 0 Å². The lowest BCUT2D eigenvalue weighted by Crippen LogP contribution is -2.59. The molecule has 0 atom stereocenters. The zero-order valence-corrected chi connectivity index (χ0v) is 11.0. The van der Waals surface area contributed by atoms with Crippen molar-refractivity contribution in [2.24, 2.45) is 0 Å². The summed E-state index contributed by atoms with van der Waals surface area (Å²) >= 11 is -0.459. The van der Waals surface area contributed by atoms with Crippen LogP contribution in [0.4, 0.5) is 26.3 Å².